The molecule has 0 aliphatic heterocycles. The largest absolute Gasteiger partial charge is 0.147 e. The van der Waals surface area contributed by atoms with Gasteiger partial charge >= 0.3 is 0 Å². The molecule has 0 aromatic carbocycles. The molecule has 0 unspecified atom stereocenters. The van der Waals surface area contributed by atoms with Crippen molar-refractivity contribution in [2.45, 2.75) is 0 Å². The van der Waals surface area contributed by atoms with Crippen LogP contribution in [0.15, 0.2) is 0 Å². The van der Waals surface area contributed by atoms with Crippen LogP contribution >= 0.6 is 60.4 Å². The van der Waals surface area contributed by atoms with Crippen molar-refractivity contribution in [1.29, 1.82) is 0 Å². The van der Waals surface area contributed by atoms with Crippen molar-refractivity contribution in [2.75, 3.05) is 5.34 Å². The van der Waals surface area contributed by atoms with Crippen LogP contribution in [0.5, 0.6) is 0 Å². The summed E-state index contributed by atoms with van der Waals surface area (Å²) in [5, 5.41) is 0.194. The quantitative estimate of drug-likeness (QED) is 0.420. The molecule has 0 bridgehead atoms. The van der Waals surface area contributed by atoms with Gasteiger partial charge in [-0.2, -0.15) is 0 Å². The van der Waals surface area contributed by atoms with Gasteiger partial charge in [-0.3, -0.25) is 0 Å². The summed E-state index contributed by atoms with van der Waals surface area (Å²) in [6, 6.07) is 0. The Balaban J connectivity index is -0.00000000333. The molecule has 0 atom stereocenters. The molecule has 0 saturated heterocycles. The molecule has 6 heteroatoms. The molecule has 0 aliphatic carbocycles. The van der Waals surface area contributed by atoms with E-state index in [0.29, 0.717) is 0 Å². The van der Waals surface area contributed by atoms with Gasteiger partial charge < -0.3 is 0 Å². The topological polar surface area (TPSA) is 0 Å². The summed E-state index contributed by atoms with van der Waals surface area (Å²) in [6.07, 6.45) is 0. The lowest BCUT2D eigenvalue weighted by atomic mass is 10.8. The highest BCUT2D eigenvalue weighted by Crippen LogP contribution is 1.73. The molecule has 0 aromatic heterocycles. The summed E-state index contributed by atoms with van der Waals surface area (Å²) in [7, 11) is 0. The molecule has 0 rings (SSSR count). The van der Waals surface area contributed by atoms with Crippen LogP contribution in [0.25, 0.3) is 0 Å². The van der Waals surface area contributed by atoms with Crippen LogP contribution in [-0.4, -0.2) is 13.8 Å². The van der Waals surface area contributed by atoms with Crippen molar-refractivity contribution in [2.24, 2.45) is 0 Å². The molecule has 47 valence electrons. The maximum absolute atomic E-state index is 4.76. The molecule has 0 heterocycles. The lowest BCUT2D eigenvalue weighted by Gasteiger charge is -1.42. The summed E-state index contributed by atoms with van der Waals surface area (Å²) in [6.45, 7) is 0. The zero-order valence-corrected chi connectivity index (χ0v) is 7.23. The smallest absolute Gasteiger partial charge is 0.0967 e. The molecular weight excluding hydrogens is 200 g/mol. The van der Waals surface area contributed by atoms with Crippen molar-refractivity contribution in [3.8, 4) is 0 Å². The van der Waals surface area contributed by atoms with E-state index < -0.39 is 0 Å². The van der Waals surface area contributed by atoms with Gasteiger partial charge in [0.25, 0.3) is 0 Å². The first-order valence-electron chi connectivity index (χ1n) is 0.535. The number of halogens is 5. The normalized spacial score (nSPS) is 2.57. The molecular formula is CH5BCl5. The Morgan fingerprint density at radius 2 is 0.857 bits per heavy atom. The average molecular weight is 205 g/mol. The second-order valence-corrected chi connectivity index (χ2v) is 0.909. The molecule has 0 spiro atoms. The monoisotopic (exact) mass is 203 g/mol. The van der Waals surface area contributed by atoms with E-state index >= 15 is 0 Å². The number of alkyl halides is 2. The van der Waals surface area contributed by atoms with Gasteiger partial charge in [-0.05, 0) is 0 Å². The van der Waals surface area contributed by atoms with Gasteiger partial charge in [-0.15, -0.1) is 60.4 Å². The minimum atomic E-state index is 0. The summed E-state index contributed by atoms with van der Waals surface area (Å²) in [5.41, 5.74) is 0. The first-order chi connectivity index (χ1) is 1.41. The van der Waals surface area contributed by atoms with Gasteiger partial charge in [0.2, 0.25) is 0 Å². The van der Waals surface area contributed by atoms with Crippen LogP contribution in [0, 0.1) is 0 Å². The Hall–Kier alpha value is 1.51. The predicted octanol–water partition coefficient (Wildman–Crippen LogP) is 2.31. The third-order valence-corrected chi connectivity index (χ3v) is 0. The standard InChI is InChI=1S/CH2Cl2.B.3ClH/c2-1-3;;;;/h1H2;;3*1H. The fourth-order valence-corrected chi connectivity index (χ4v) is 0. The highest BCUT2D eigenvalue weighted by atomic mass is 35.5. The van der Waals surface area contributed by atoms with E-state index in [-0.39, 0.29) is 51.0 Å². The molecule has 0 saturated carbocycles. The number of rotatable bonds is 0. The SMILES string of the molecule is Cl.Cl.Cl.ClCCl.[B]. The van der Waals surface area contributed by atoms with E-state index in [1.54, 1.807) is 0 Å². The maximum atomic E-state index is 4.76. The number of hydrogen-bond acceptors (Lipinski definition) is 0. The first-order valence-corrected chi connectivity index (χ1v) is 1.60. The van der Waals surface area contributed by atoms with E-state index in [1.165, 1.54) is 0 Å². The van der Waals surface area contributed by atoms with Crippen LogP contribution in [0.2, 0.25) is 0 Å². The predicted molar refractivity (Wildman–Crippen MR) is 44.1 cm³/mol. The van der Waals surface area contributed by atoms with Crippen LogP contribution in [0.1, 0.15) is 0 Å². The molecule has 0 amide bonds. The second-order valence-electron chi connectivity index (χ2n) is 0.101. The van der Waals surface area contributed by atoms with Crippen molar-refractivity contribution in [1.82, 2.24) is 0 Å². The Morgan fingerprint density at radius 1 is 0.857 bits per heavy atom. The lowest BCUT2D eigenvalue weighted by Crippen LogP contribution is -1.24. The van der Waals surface area contributed by atoms with Crippen molar-refractivity contribution < 1.29 is 0 Å². The summed E-state index contributed by atoms with van der Waals surface area (Å²) < 4.78 is 0. The fourth-order valence-electron chi connectivity index (χ4n) is 0. The third-order valence-electron chi connectivity index (χ3n) is 0. The Bertz CT molecular complexity index is 8.04. The maximum Gasteiger partial charge on any atom is 0.0967 e. The molecule has 0 nitrogen and oxygen atoms in total. The van der Waals surface area contributed by atoms with E-state index in [9.17, 15) is 0 Å². The fraction of sp³-hybridized carbons (Fsp3) is 1.00. The van der Waals surface area contributed by atoms with E-state index in [4.69, 9.17) is 23.2 Å². The van der Waals surface area contributed by atoms with Crippen LogP contribution < -0.4 is 0 Å². The summed E-state index contributed by atoms with van der Waals surface area (Å²) >= 11 is 9.53. The second kappa shape index (κ2) is 50.4. The molecule has 7 heavy (non-hydrogen) atoms. The number of hydrogen-bond donors (Lipinski definition) is 0. The molecule has 0 N–H and O–H groups in total. The Kier molecular flexibility index (Phi) is 280. The van der Waals surface area contributed by atoms with Gasteiger partial charge in [0.1, 0.15) is 0 Å². The molecule has 0 aromatic rings. The van der Waals surface area contributed by atoms with Crippen LogP contribution in [-0.2, 0) is 0 Å². The zero-order chi connectivity index (χ0) is 2.71. The molecule has 0 aliphatic rings. The van der Waals surface area contributed by atoms with Gasteiger partial charge in [-0.1, -0.05) is 0 Å². The van der Waals surface area contributed by atoms with Gasteiger partial charge in [-0.25, -0.2) is 0 Å². The average Bonchev–Trinajstić information content (AvgIpc) is 0.918. The zero-order valence-electron chi connectivity index (χ0n) is 3.27. The van der Waals surface area contributed by atoms with E-state index in [0.717, 1.165) is 0 Å². The Labute approximate surface area is 74.1 Å². The third kappa shape index (κ3) is 99.6. The van der Waals surface area contributed by atoms with Crippen molar-refractivity contribution >= 4 is 68.8 Å². The summed E-state index contributed by atoms with van der Waals surface area (Å²) in [4.78, 5) is 0. The first kappa shape index (κ1) is 38.9. The molecule has 0 fully saturated rings. The van der Waals surface area contributed by atoms with Gasteiger partial charge in [0.15, 0.2) is 0 Å². The highest BCUT2D eigenvalue weighted by molar-refractivity contribution is 6.40. The summed E-state index contributed by atoms with van der Waals surface area (Å²) in [5.74, 6) is 0. The van der Waals surface area contributed by atoms with Crippen molar-refractivity contribution in [3.05, 3.63) is 0 Å². The molecule has 3 radical (unpaired) electrons. The van der Waals surface area contributed by atoms with E-state index in [2.05, 4.69) is 0 Å². The van der Waals surface area contributed by atoms with Gasteiger partial charge in [0, 0.05) is 8.41 Å². The lowest BCUT2D eigenvalue weighted by molar-refractivity contribution is 2.20. The minimum absolute atomic E-state index is 0. The van der Waals surface area contributed by atoms with Gasteiger partial charge in [0.05, 0.1) is 5.34 Å². The Morgan fingerprint density at radius 3 is 0.857 bits per heavy atom. The minimum Gasteiger partial charge on any atom is -0.147 e. The highest BCUT2D eigenvalue weighted by Gasteiger charge is 1.41. The van der Waals surface area contributed by atoms with E-state index in [1.807, 2.05) is 0 Å². The van der Waals surface area contributed by atoms with Crippen molar-refractivity contribution in [3.63, 3.8) is 0 Å². The van der Waals surface area contributed by atoms with Crippen LogP contribution in [0.3, 0.4) is 0 Å². The van der Waals surface area contributed by atoms with Crippen LogP contribution in [0.4, 0.5) is 0 Å².